The molecule has 0 unspecified atom stereocenters. The van der Waals surface area contributed by atoms with Crippen LogP contribution in [0.3, 0.4) is 0 Å². The summed E-state index contributed by atoms with van der Waals surface area (Å²) in [5.74, 6) is 0.141. The number of carboxylic acid groups (broad SMARTS) is 1. The molecule has 0 amide bonds. The van der Waals surface area contributed by atoms with Gasteiger partial charge in [-0.05, 0) is 47.5 Å². The lowest BCUT2D eigenvalue weighted by molar-refractivity contribution is -0.384. The van der Waals surface area contributed by atoms with E-state index >= 15 is 0 Å². The quantitative estimate of drug-likeness (QED) is 0.536. The molecular weight excluding hydrogens is 322 g/mol. The van der Waals surface area contributed by atoms with Gasteiger partial charge < -0.3 is 9.84 Å². The average molecular weight is 335 g/mol. The maximum atomic E-state index is 10.9. The molecule has 0 aliphatic carbocycles. The highest BCUT2D eigenvalue weighted by atomic mass is 16.6. The van der Waals surface area contributed by atoms with E-state index in [0.717, 1.165) is 11.1 Å². The first-order valence-electron chi connectivity index (χ1n) is 7.39. The van der Waals surface area contributed by atoms with Gasteiger partial charge in [-0.3, -0.25) is 10.1 Å². The predicted molar refractivity (Wildman–Crippen MR) is 92.0 cm³/mol. The highest BCUT2D eigenvalue weighted by Gasteiger charge is 2.06. The molecule has 6 heteroatoms. The number of nitro groups is 1. The van der Waals surface area contributed by atoms with Crippen molar-refractivity contribution in [2.45, 2.75) is 0 Å². The van der Waals surface area contributed by atoms with E-state index in [0.29, 0.717) is 11.5 Å². The first-order valence-corrected chi connectivity index (χ1v) is 7.39. The molecule has 3 rings (SSSR count). The molecule has 0 saturated carbocycles. The zero-order valence-corrected chi connectivity index (χ0v) is 13.0. The Balaban J connectivity index is 1.73. The van der Waals surface area contributed by atoms with Gasteiger partial charge in [0.05, 0.1) is 10.5 Å². The molecule has 0 radical (unpaired) electrons. The summed E-state index contributed by atoms with van der Waals surface area (Å²) in [6.07, 6.45) is 0. The molecule has 0 spiro atoms. The molecule has 6 nitrogen and oxygen atoms in total. The van der Waals surface area contributed by atoms with E-state index < -0.39 is 10.9 Å². The van der Waals surface area contributed by atoms with Crippen molar-refractivity contribution in [2.75, 3.05) is 0 Å². The van der Waals surface area contributed by atoms with Gasteiger partial charge in [0, 0.05) is 12.1 Å². The van der Waals surface area contributed by atoms with Crippen molar-refractivity contribution in [1.29, 1.82) is 0 Å². The summed E-state index contributed by atoms with van der Waals surface area (Å²) in [5, 5.41) is 19.5. The van der Waals surface area contributed by atoms with E-state index in [2.05, 4.69) is 0 Å². The van der Waals surface area contributed by atoms with E-state index in [-0.39, 0.29) is 11.3 Å². The summed E-state index contributed by atoms with van der Waals surface area (Å²) >= 11 is 0. The number of nitrogens with zero attached hydrogens (tertiary/aromatic N) is 1. The SMILES string of the molecule is O=C(O)c1ccc(-c2ccc(Oc3ccc([N+](=O)[O-])cc3)cc2)cc1. The van der Waals surface area contributed by atoms with Crippen molar-refractivity contribution in [3.63, 3.8) is 0 Å². The summed E-state index contributed by atoms with van der Waals surface area (Å²) in [4.78, 5) is 21.0. The Labute approximate surface area is 143 Å². The largest absolute Gasteiger partial charge is 0.478 e. The molecule has 0 bridgehead atoms. The zero-order chi connectivity index (χ0) is 17.8. The molecule has 0 aromatic heterocycles. The van der Waals surface area contributed by atoms with Crippen molar-refractivity contribution in [1.82, 2.24) is 0 Å². The van der Waals surface area contributed by atoms with Crippen LogP contribution in [-0.4, -0.2) is 16.0 Å². The summed E-state index contributed by atoms with van der Waals surface area (Å²) < 4.78 is 5.65. The van der Waals surface area contributed by atoms with Crippen LogP contribution >= 0.6 is 0 Å². The van der Waals surface area contributed by atoms with Gasteiger partial charge in [0.25, 0.3) is 5.69 Å². The number of non-ortho nitro benzene ring substituents is 1. The second-order valence-electron chi connectivity index (χ2n) is 5.26. The van der Waals surface area contributed by atoms with Crippen molar-refractivity contribution in [3.8, 4) is 22.6 Å². The number of ether oxygens (including phenoxy) is 1. The first-order chi connectivity index (χ1) is 12.0. The number of nitro benzene ring substituents is 1. The van der Waals surface area contributed by atoms with Crippen LogP contribution in [-0.2, 0) is 0 Å². The van der Waals surface area contributed by atoms with E-state index in [9.17, 15) is 14.9 Å². The monoisotopic (exact) mass is 335 g/mol. The van der Waals surface area contributed by atoms with E-state index in [4.69, 9.17) is 9.84 Å². The third-order valence-electron chi connectivity index (χ3n) is 3.60. The number of aromatic carboxylic acids is 1. The third-order valence-corrected chi connectivity index (χ3v) is 3.60. The Morgan fingerprint density at radius 1 is 0.800 bits per heavy atom. The second-order valence-corrected chi connectivity index (χ2v) is 5.26. The molecule has 0 fully saturated rings. The van der Waals surface area contributed by atoms with Crippen LogP contribution in [0.4, 0.5) is 5.69 Å². The molecule has 3 aromatic rings. The minimum absolute atomic E-state index is 0.00695. The van der Waals surface area contributed by atoms with Crippen LogP contribution in [0.2, 0.25) is 0 Å². The Morgan fingerprint density at radius 3 is 1.68 bits per heavy atom. The molecule has 0 saturated heterocycles. The molecule has 0 aliphatic rings. The molecular formula is C19H13NO5. The summed E-state index contributed by atoms with van der Waals surface area (Å²) in [5.41, 5.74) is 2.06. The third kappa shape index (κ3) is 3.81. The molecule has 124 valence electrons. The lowest BCUT2D eigenvalue weighted by Gasteiger charge is -2.07. The fourth-order valence-electron chi connectivity index (χ4n) is 2.29. The topological polar surface area (TPSA) is 89.7 Å². The Morgan fingerprint density at radius 2 is 1.24 bits per heavy atom. The van der Waals surface area contributed by atoms with Gasteiger partial charge in [0.1, 0.15) is 11.5 Å². The minimum atomic E-state index is -0.960. The lowest BCUT2D eigenvalue weighted by Crippen LogP contribution is -1.94. The minimum Gasteiger partial charge on any atom is -0.478 e. The van der Waals surface area contributed by atoms with Crippen molar-refractivity contribution < 1.29 is 19.6 Å². The molecule has 0 atom stereocenters. The molecule has 0 aliphatic heterocycles. The average Bonchev–Trinajstić information content (AvgIpc) is 2.63. The lowest BCUT2D eigenvalue weighted by atomic mass is 10.0. The fourth-order valence-corrected chi connectivity index (χ4v) is 2.29. The number of hydrogen-bond acceptors (Lipinski definition) is 4. The van der Waals surface area contributed by atoms with Crippen molar-refractivity contribution >= 4 is 11.7 Å². The Bertz CT molecular complexity index is 900. The molecule has 25 heavy (non-hydrogen) atoms. The van der Waals surface area contributed by atoms with Gasteiger partial charge in [-0.2, -0.15) is 0 Å². The first kappa shape index (κ1) is 16.2. The van der Waals surface area contributed by atoms with Crippen LogP contribution in [0.15, 0.2) is 72.8 Å². The summed E-state index contributed by atoms with van der Waals surface area (Å²) in [6, 6.07) is 19.7. The number of rotatable bonds is 5. The van der Waals surface area contributed by atoms with Gasteiger partial charge in [-0.1, -0.05) is 24.3 Å². The van der Waals surface area contributed by atoms with Crippen LogP contribution in [0, 0.1) is 10.1 Å². The van der Waals surface area contributed by atoms with E-state index in [1.165, 1.54) is 24.3 Å². The summed E-state index contributed by atoms with van der Waals surface area (Å²) in [6.45, 7) is 0. The van der Waals surface area contributed by atoms with Gasteiger partial charge in [-0.15, -0.1) is 0 Å². The maximum absolute atomic E-state index is 10.9. The number of carboxylic acids is 1. The predicted octanol–water partition coefficient (Wildman–Crippen LogP) is 4.75. The Hall–Kier alpha value is -3.67. The number of hydrogen-bond donors (Lipinski definition) is 1. The normalized spacial score (nSPS) is 10.2. The van der Waals surface area contributed by atoms with E-state index in [1.54, 1.807) is 36.4 Å². The smallest absolute Gasteiger partial charge is 0.335 e. The van der Waals surface area contributed by atoms with Crippen molar-refractivity contribution in [2.24, 2.45) is 0 Å². The van der Waals surface area contributed by atoms with Crippen LogP contribution in [0.5, 0.6) is 11.5 Å². The highest BCUT2D eigenvalue weighted by Crippen LogP contribution is 2.27. The second kappa shape index (κ2) is 6.84. The van der Waals surface area contributed by atoms with Gasteiger partial charge in [0.2, 0.25) is 0 Å². The number of carbonyl (C=O) groups is 1. The highest BCUT2D eigenvalue weighted by molar-refractivity contribution is 5.88. The van der Waals surface area contributed by atoms with Gasteiger partial charge in [0.15, 0.2) is 0 Å². The van der Waals surface area contributed by atoms with Crippen LogP contribution in [0.1, 0.15) is 10.4 Å². The maximum Gasteiger partial charge on any atom is 0.335 e. The summed E-state index contributed by atoms with van der Waals surface area (Å²) in [7, 11) is 0. The standard InChI is InChI=1S/C19H13NO5/c21-19(22)15-3-1-13(2-4-15)14-5-9-17(10-6-14)25-18-11-7-16(8-12-18)20(23)24/h1-12H,(H,21,22). The van der Waals surface area contributed by atoms with Crippen LogP contribution < -0.4 is 4.74 Å². The Kier molecular flexibility index (Phi) is 4.43. The van der Waals surface area contributed by atoms with Crippen molar-refractivity contribution in [3.05, 3.63) is 88.5 Å². The molecule has 1 N–H and O–H groups in total. The zero-order valence-electron chi connectivity index (χ0n) is 13.0. The fraction of sp³-hybridized carbons (Fsp3) is 0. The molecule has 3 aromatic carbocycles. The number of benzene rings is 3. The van der Waals surface area contributed by atoms with Gasteiger partial charge in [-0.25, -0.2) is 4.79 Å². The van der Waals surface area contributed by atoms with E-state index in [1.807, 2.05) is 12.1 Å². The van der Waals surface area contributed by atoms with Crippen LogP contribution in [0.25, 0.3) is 11.1 Å². The van der Waals surface area contributed by atoms with Gasteiger partial charge >= 0.3 is 5.97 Å². The molecule has 0 heterocycles.